The van der Waals surface area contributed by atoms with E-state index in [4.69, 9.17) is 9.47 Å². The van der Waals surface area contributed by atoms with Crippen LogP contribution in [-0.4, -0.2) is 63.8 Å². The molecule has 0 radical (unpaired) electrons. The van der Waals surface area contributed by atoms with Crippen molar-refractivity contribution >= 4 is 16.0 Å². The number of piperidine rings is 1. The maximum atomic E-state index is 13.0. The minimum absolute atomic E-state index is 0.275. The van der Waals surface area contributed by atoms with Crippen LogP contribution in [0.3, 0.4) is 0 Å². The van der Waals surface area contributed by atoms with E-state index in [1.807, 2.05) is 19.2 Å². The van der Waals surface area contributed by atoms with Gasteiger partial charge < -0.3 is 14.8 Å². The topological polar surface area (TPSA) is 84.9 Å². The molecule has 7 nitrogen and oxygen atoms in total. The number of hydrogen-bond donors (Lipinski definition) is 1. The molecule has 1 N–H and O–H groups in total. The average molecular weight is 489 g/mol. The van der Waals surface area contributed by atoms with Gasteiger partial charge in [0.05, 0.1) is 7.11 Å². The monoisotopic (exact) mass is 488 g/mol. The summed E-state index contributed by atoms with van der Waals surface area (Å²) in [6.07, 6.45) is 1.42. The van der Waals surface area contributed by atoms with Crippen molar-refractivity contribution in [1.29, 1.82) is 0 Å². The molecule has 0 bridgehead atoms. The number of likely N-dealkylation sites (N-methyl/N-ethyl adjacent to an activating group) is 1. The molecule has 0 atom stereocenters. The number of ether oxygens (including phenoxy) is 2. The zero-order valence-corrected chi connectivity index (χ0v) is 21.6. The first-order valence-corrected chi connectivity index (χ1v) is 13.1. The average Bonchev–Trinajstić information content (AvgIpc) is 2.83. The maximum Gasteiger partial charge on any atom is 0.328 e. The Morgan fingerprint density at radius 3 is 2.47 bits per heavy atom. The summed E-state index contributed by atoms with van der Waals surface area (Å²) in [6, 6.07) is 14.6. The molecule has 1 aliphatic rings. The van der Waals surface area contributed by atoms with Crippen molar-refractivity contribution in [2.24, 2.45) is 0 Å². The lowest BCUT2D eigenvalue weighted by atomic mass is 9.87. The fraction of sp³-hybridized carbons (Fsp3) is 0.500. The summed E-state index contributed by atoms with van der Waals surface area (Å²) in [4.78, 5) is 12.0. The Morgan fingerprint density at radius 1 is 1.15 bits per heavy atom. The van der Waals surface area contributed by atoms with E-state index in [9.17, 15) is 13.2 Å². The van der Waals surface area contributed by atoms with Gasteiger partial charge in [-0.25, -0.2) is 12.7 Å². The lowest BCUT2D eigenvalue weighted by Gasteiger charge is -2.35. The van der Waals surface area contributed by atoms with Gasteiger partial charge in [-0.1, -0.05) is 30.3 Å². The Morgan fingerprint density at radius 2 is 1.85 bits per heavy atom. The van der Waals surface area contributed by atoms with E-state index in [1.165, 1.54) is 36.4 Å². The fourth-order valence-electron chi connectivity index (χ4n) is 4.39. The zero-order valence-electron chi connectivity index (χ0n) is 20.8. The molecule has 0 aromatic heterocycles. The Balaban J connectivity index is 1.70. The first-order valence-electron chi connectivity index (χ1n) is 11.7. The molecule has 186 valence electrons. The first kappa shape index (κ1) is 26.2. The molecule has 0 saturated carbocycles. The number of nitrogens with one attached hydrogen (secondary N) is 1. The lowest BCUT2D eigenvalue weighted by molar-refractivity contribution is -0.142. The van der Waals surface area contributed by atoms with Crippen molar-refractivity contribution in [2.45, 2.75) is 44.3 Å². The summed E-state index contributed by atoms with van der Waals surface area (Å²) in [6.45, 7) is 7.10. The Bertz CT molecular complexity index is 1110. The van der Waals surface area contributed by atoms with E-state index >= 15 is 0 Å². The molecule has 1 saturated heterocycles. The standard InChI is InChI=1S/C26H36N2O5S/c1-19-17-21(9-10-24(19)22-7-6-8-23(18-22)33-16-13-27-4)20-11-14-28(15-12-20)34(30,31)26(2,3)25(29)32-5/h6-10,17-18,20,27H,11-16H2,1-5H3. The number of sulfonamides is 1. The van der Waals surface area contributed by atoms with Crippen molar-refractivity contribution in [2.75, 3.05) is 40.4 Å². The van der Waals surface area contributed by atoms with Crippen LogP contribution in [-0.2, 0) is 19.6 Å². The summed E-state index contributed by atoms with van der Waals surface area (Å²) < 4.78 is 36.4. The summed E-state index contributed by atoms with van der Waals surface area (Å²) in [5, 5.41) is 3.07. The summed E-state index contributed by atoms with van der Waals surface area (Å²) in [5.74, 6) is 0.383. The van der Waals surface area contributed by atoms with Gasteiger partial charge in [0.2, 0.25) is 10.0 Å². The van der Waals surface area contributed by atoms with Crippen molar-refractivity contribution in [3.05, 3.63) is 53.6 Å². The predicted molar refractivity (Wildman–Crippen MR) is 135 cm³/mol. The van der Waals surface area contributed by atoms with E-state index in [2.05, 4.69) is 42.6 Å². The molecular formula is C26H36N2O5S. The SMILES string of the molecule is CNCCOc1cccc(-c2ccc(C3CCN(S(=O)(=O)C(C)(C)C(=O)OC)CC3)cc2C)c1. The number of hydrogen-bond acceptors (Lipinski definition) is 6. The highest BCUT2D eigenvalue weighted by atomic mass is 32.2. The number of rotatable bonds is 9. The fourth-order valence-corrected chi connectivity index (χ4v) is 6.02. The van der Waals surface area contributed by atoms with E-state index in [1.54, 1.807) is 0 Å². The van der Waals surface area contributed by atoms with Crippen LogP contribution in [0.5, 0.6) is 5.75 Å². The van der Waals surface area contributed by atoms with Gasteiger partial charge in [0, 0.05) is 19.6 Å². The third kappa shape index (κ3) is 5.45. The Hall–Kier alpha value is -2.42. The van der Waals surface area contributed by atoms with E-state index in [-0.39, 0.29) is 5.92 Å². The number of esters is 1. The van der Waals surface area contributed by atoms with Crippen LogP contribution in [0.4, 0.5) is 0 Å². The molecule has 0 spiro atoms. The number of carbonyl (C=O) groups excluding carboxylic acids is 1. The number of nitrogens with zero attached hydrogens (tertiary/aromatic N) is 1. The number of carbonyl (C=O) groups is 1. The van der Waals surface area contributed by atoms with Gasteiger partial charge in [-0.15, -0.1) is 0 Å². The van der Waals surface area contributed by atoms with Crippen LogP contribution < -0.4 is 10.1 Å². The van der Waals surface area contributed by atoms with E-state index in [0.717, 1.165) is 23.4 Å². The largest absolute Gasteiger partial charge is 0.492 e. The highest BCUT2D eigenvalue weighted by Gasteiger charge is 2.47. The van der Waals surface area contributed by atoms with Gasteiger partial charge in [-0.3, -0.25) is 4.79 Å². The van der Waals surface area contributed by atoms with Crippen molar-refractivity contribution < 1.29 is 22.7 Å². The minimum Gasteiger partial charge on any atom is -0.492 e. The van der Waals surface area contributed by atoms with Crippen LogP contribution in [0.1, 0.15) is 43.7 Å². The zero-order chi connectivity index (χ0) is 24.9. The lowest BCUT2D eigenvalue weighted by Crippen LogP contribution is -2.52. The third-order valence-corrected chi connectivity index (χ3v) is 9.10. The molecule has 34 heavy (non-hydrogen) atoms. The predicted octanol–water partition coefficient (Wildman–Crippen LogP) is 3.72. The van der Waals surface area contributed by atoms with E-state index < -0.39 is 20.7 Å². The van der Waals surface area contributed by atoms with Crippen molar-refractivity contribution in [3.8, 4) is 16.9 Å². The molecule has 1 aliphatic heterocycles. The Kier molecular flexibility index (Phi) is 8.38. The van der Waals surface area contributed by atoms with Gasteiger partial charge in [-0.2, -0.15) is 0 Å². The second-order valence-electron chi connectivity index (χ2n) is 9.23. The molecule has 1 heterocycles. The van der Waals surface area contributed by atoms with Crippen LogP contribution in [0.25, 0.3) is 11.1 Å². The number of methoxy groups -OCH3 is 1. The maximum absolute atomic E-state index is 13.0. The van der Waals surface area contributed by atoms with Gasteiger partial charge in [-0.05, 0) is 81.0 Å². The second-order valence-corrected chi connectivity index (χ2v) is 11.7. The third-order valence-electron chi connectivity index (χ3n) is 6.60. The van der Waals surface area contributed by atoms with Crippen molar-refractivity contribution in [1.82, 2.24) is 9.62 Å². The normalized spacial score (nSPS) is 15.8. The molecule has 2 aromatic rings. The molecule has 8 heteroatoms. The second kappa shape index (κ2) is 10.9. The highest BCUT2D eigenvalue weighted by Crippen LogP contribution is 2.35. The van der Waals surface area contributed by atoms with Gasteiger partial charge in [0.1, 0.15) is 12.4 Å². The highest BCUT2D eigenvalue weighted by molar-refractivity contribution is 7.91. The van der Waals surface area contributed by atoms with Crippen LogP contribution in [0.15, 0.2) is 42.5 Å². The molecule has 2 aromatic carbocycles. The number of benzene rings is 2. The molecule has 0 aliphatic carbocycles. The van der Waals surface area contributed by atoms with Crippen LogP contribution in [0.2, 0.25) is 0 Å². The molecule has 1 fully saturated rings. The molecular weight excluding hydrogens is 452 g/mol. The van der Waals surface area contributed by atoms with Crippen LogP contribution in [0, 0.1) is 6.92 Å². The summed E-state index contributed by atoms with van der Waals surface area (Å²) in [7, 11) is -0.686. The quantitative estimate of drug-likeness (QED) is 0.428. The molecule has 0 amide bonds. The molecule has 3 rings (SSSR count). The first-order chi connectivity index (χ1) is 16.1. The Labute approximate surface area is 203 Å². The summed E-state index contributed by atoms with van der Waals surface area (Å²) in [5.41, 5.74) is 4.65. The van der Waals surface area contributed by atoms with Gasteiger partial charge in [0.25, 0.3) is 0 Å². The smallest absolute Gasteiger partial charge is 0.328 e. The minimum atomic E-state index is -3.80. The van der Waals surface area contributed by atoms with E-state index in [0.29, 0.717) is 32.5 Å². The van der Waals surface area contributed by atoms with Crippen LogP contribution >= 0.6 is 0 Å². The van der Waals surface area contributed by atoms with Gasteiger partial charge in [0.15, 0.2) is 4.75 Å². The summed E-state index contributed by atoms with van der Waals surface area (Å²) >= 11 is 0. The number of aryl methyl sites for hydroxylation is 1. The molecule has 0 unspecified atom stereocenters. The van der Waals surface area contributed by atoms with Crippen molar-refractivity contribution in [3.63, 3.8) is 0 Å². The van der Waals surface area contributed by atoms with Gasteiger partial charge >= 0.3 is 5.97 Å².